The van der Waals surface area contributed by atoms with Gasteiger partial charge in [0, 0.05) is 20.1 Å². The summed E-state index contributed by atoms with van der Waals surface area (Å²) in [6, 6.07) is 0. The third kappa shape index (κ3) is 4.48. The summed E-state index contributed by atoms with van der Waals surface area (Å²) in [5.74, 6) is -0.122. The summed E-state index contributed by atoms with van der Waals surface area (Å²) < 4.78 is 4.85. The number of rotatable bonds is 7. The number of ether oxygens (including phenoxy) is 1. The molecule has 1 atom stereocenters. The number of nitrogens with two attached hydrogens (primary N) is 1. The normalized spacial score (nSPS) is 15.6. The first-order valence-electron chi connectivity index (χ1n) is 5.28. The van der Waals surface area contributed by atoms with Crippen LogP contribution in [0.25, 0.3) is 0 Å². The highest BCUT2D eigenvalue weighted by Gasteiger charge is 2.29. The third-order valence-electron chi connectivity index (χ3n) is 2.55. The topological polar surface area (TPSA) is 96.9 Å². The molecule has 0 fully saturated rings. The van der Waals surface area contributed by atoms with Crippen molar-refractivity contribution in [1.82, 2.24) is 5.32 Å². The molecule has 0 rings (SSSR count). The van der Waals surface area contributed by atoms with E-state index in [-0.39, 0.29) is 11.7 Å². The highest BCUT2D eigenvalue weighted by molar-refractivity contribution is 5.93. The number of amides is 1. The molecule has 0 saturated carbocycles. The summed E-state index contributed by atoms with van der Waals surface area (Å²) in [5, 5.41) is 14.3. The van der Waals surface area contributed by atoms with Crippen molar-refractivity contribution in [3.63, 3.8) is 0 Å². The monoisotopic (exact) mass is 231 g/mol. The molecule has 16 heavy (non-hydrogen) atoms. The number of nitrogens with zero attached hydrogens (tertiary/aromatic N) is 1. The second-order valence-corrected chi connectivity index (χ2v) is 3.82. The molecule has 0 bridgehead atoms. The highest BCUT2D eigenvalue weighted by Crippen LogP contribution is 2.09. The molecule has 1 amide bonds. The van der Waals surface area contributed by atoms with Crippen molar-refractivity contribution in [3.05, 3.63) is 0 Å². The van der Waals surface area contributed by atoms with E-state index in [9.17, 15) is 4.79 Å². The summed E-state index contributed by atoms with van der Waals surface area (Å²) >= 11 is 0. The average Bonchev–Trinajstić information content (AvgIpc) is 2.28. The quantitative estimate of drug-likeness (QED) is 0.195. The van der Waals surface area contributed by atoms with Gasteiger partial charge in [0.05, 0.1) is 5.54 Å². The van der Waals surface area contributed by atoms with Gasteiger partial charge in [0.1, 0.15) is 0 Å². The molecule has 94 valence electrons. The molecule has 0 aromatic carbocycles. The molecule has 6 heteroatoms. The van der Waals surface area contributed by atoms with Crippen LogP contribution >= 0.6 is 0 Å². The lowest BCUT2D eigenvalue weighted by Crippen LogP contribution is -2.55. The average molecular weight is 231 g/mol. The maximum atomic E-state index is 11.6. The number of hydrogen-bond acceptors (Lipinski definition) is 4. The predicted molar refractivity (Wildman–Crippen MR) is 61.4 cm³/mol. The van der Waals surface area contributed by atoms with E-state index >= 15 is 0 Å². The van der Waals surface area contributed by atoms with Gasteiger partial charge < -0.3 is 21.0 Å². The van der Waals surface area contributed by atoms with Crippen LogP contribution in [0.3, 0.4) is 0 Å². The van der Waals surface area contributed by atoms with Crippen LogP contribution < -0.4 is 11.1 Å². The van der Waals surface area contributed by atoms with Crippen LogP contribution in [0.5, 0.6) is 0 Å². The molecule has 0 heterocycles. The Bertz CT molecular complexity index is 256. The van der Waals surface area contributed by atoms with E-state index in [0.29, 0.717) is 25.9 Å². The SMILES string of the molecule is CCC(C)(NC(=O)CCCOC)C(N)=NO. The standard InChI is InChI=1S/C10H21N3O3/c1-4-10(2,9(11)13-15)12-8(14)6-5-7-16-3/h15H,4-7H2,1-3H3,(H2,11,13)(H,12,14). The molecule has 4 N–H and O–H groups in total. The molecule has 0 saturated heterocycles. The molecular formula is C10H21N3O3. The minimum absolute atomic E-state index is 0.00934. The van der Waals surface area contributed by atoms with E-state index in [1.807, 2.05) is 6.92 Å². The maximum absolute atomic E-state index is 11.6. The van der Waals surface area contributed by atoms with Gasteiger partial charge in [-0.05, 0) is 19.8 Å². The molecule has 1 unspecified atom stereocenters. The van der Waals surface area contributed by atoms with Crippen LogP contribution in [-0.4, -0.2) is 36.2 Å². The van der Waals surface area contributed by atoms with Crippen LogP contribution in [0.15, 0.2) is 5.16 Å². The summed E-state index contributed by atoms with van der Waals surface area (Å²) in [5.41, 5.74) is 4.73. The lowest BCUT2D eigenvalue weighted by Gasteiger charge is -2.28. The Labute approximate surface area is 95.8 Å². The van der Waals surface area contributed by atoms with Gasteiger partial charge in [0.2, 0.25) is 5.91 Å². The Morgan fingerprint density at radius 2 is 2.25 bits per heavy atom. The van der Waals surface area contributed by atoms with Crippen molar-refractivity contribution in [2.45, 2.75) is 38.6 Å². The molecule has 6 nitrogen and oxygen atoms in total. The molecule has 0 aliphatic rings. The zero-order chi connectivity index (χ0) is 12.6. The Hall–Kier alpha value is -1.30. The fraction of sp³-hybridized carbons (Fsp3) is 0.800. The summed E-state index contributed by atoms with van der Waals surface area (Å²) in [6.07, 6.45) is 1.57. The lowest BCUT2D eigenvalue weighted by atomic mass is 9.97. The number of amidine groups is 1. The first-order valence-corrected chi connectivity index (χ1v) is 5.28. The van der Waals surface area contributed by atoms with Gasteiger partial charge in [-0.25, -0.2) is 0 Å². The van der Waals surface area contributed by atoms with Crippen LogP contribution in [-0.2, 0) is 9.53 Å². The highest BCUT2D eigenvalue weighted by atomic mass is 16.5. The van der Waals surface area contributed by atoms with Crippen molar-refractivity contribution in [1.29, 1.82) is 0 Å². The predicted octanol–water partition coefficient (Wildman–Crippen LogP) is 0.444. The molecule has 0 aromatic rings. The summed E-state index contributed by atoms with van der Waals surface area (Å²) in [6.45, 7) is 4.11. The molecule has 0 aliphatic heterocycles. The number of methoxy groups -OCH3 is 1. The maximum Gasteiger partial charge on any atom is 0.220 e. The fourth-order valence-corrected chi connectivity index (χ4v) is 1.19. The van der Waals surface area contributed by atoms with Gasteiger partial charge in [0.25, 0.3) is 0 Å². The number of carbonyl (C=O) groups is 1. The number of oxime groups is 1. The zero-order valence-electron chi connectivity index (χ0n) is 10.1. The smallest absolute Gasteiger partial charge is 0.220 e. The van der Waals surface area contributed by atoms with Gasteiger partial charge >= 0.3 is 0 Å². The molecule has 0 radical (unpaired) electrons. The van der Waals surface area contributed by atoms with Crippen LogP contribution in [0.1, 0.15) is 33.1 Å². The van der Waals surface area contributed by atoms with E-state index in [4.69, 9.17) is 15.7 Å². The van der Waals surface area contributed by atoms with Gasteiger partial charge in [-0.15, -0.1) is 0 Å². The zero-order valence-corrected chi connectivity index (χ0v) is 10.1. The first kappa shape index (κ1) is 14.7. The minimum Gasteiger partial charge on any atom is -0.409 e. The molecule has 0 aromatic heterocycles. The van der Waals surface area contributed by atoms with E-state index < -0.39 is 5.54 Å². The summed E-state index contributed by atoms with van der Waals surface area (Å²) in [4.78, 5) is 11.6. The first-order chi connectivity index (χ1) is 7.50. The van der Waals surface area contributed by atoms with E-state index in [0.717, 1.165) is 0 Å². The van der Waals surface area contributed by atoms with Gasteiger partial charge in [-0.2, -0.15) is 0 Å². The van der Waals surface area contributed by atoms with Crippen molar-refractivity contribution >= 4 is 11.7 Å². The van der Waals surface area contributed by atoms with Crippen LogP contribution in [0.2, 0.25) is 0 Å². The van der Waals surface area contributed by atoms with E-state index in [2.05, 4.69) is 10.5 Å². The van der Waals surface area contributed by atoms with E-state index in [1.54, 1.807) is 14.0 Å². The molecule has 0 aliphatic carbocycles. The second-order valence-electron chi connectivity index (χ2n) is 3.82. The van der Waals surface area contributed by atoms with Crippen LogP contribution in [0, 0.1) is 0 Å². The lowest BCUT2D eigenvalue weighted by molar-refractivity contribution is -0.122. The van der Waals surface area contributed by atoms with Gasteiger partial charge in [0.15, 0.2) is 5.84 Å². The largest absolute Gasteiger partial charge is 0.409 e. The van der Waals surface area contributed by atoms with Crippen molar-refractivity contribution < 1.29 is 14.7 Å². The van der Waals surface area contributed by atoms with Gasteiger partial charge in [-0.1, -0.05) is 12.1 Å². The Morgan fingerprint density at radius 1 is 1.62 bits per heavy atom. The fourth-order valence-electron chi connectivity index (χ4n) is 1.19. The second kappa shape index (κ2) is 7.05. The van der Waals surface area contributed by atoms with Crippen molar-refractivity contribution in [3.8, 4) is 0 Å². The number of hydrogen-bond donors (Lipinski definition) is 3. The Balaban J connectivity index is 4.27. The van der Waals surface area contributed by atoms with Crippen molar-refractivity contribution in [2.24, 2.45) is 10.9 Å². The third-order valence-corrected chi connectivity index (χ3v) is 2.55. The summed E-state index contributed by atoms with van der Waals surface area (Å²) in [7, 11) is 1.59. The molecular weight excluding hydrogens is 210 g/mol. The van der Waals surface area contributed by atoms with Crippen LogP contribution in [0.4, 0.5) is 0 Å². The Morgan fingerprint density at radius 3 is 2.69 bits per heavy atom. The Kier molecular flexibility index (Phi) is 6.48. The number of nitrogens with one attached hydrogen (secondary N) is 1. The van der Waals surface area contributed by atoms with E-state index in [1.165, 1.54) is 0 Å². The van der Waals surface area contributed by atoms with Crippen molar-refractivity contribution in [2.75, 3.05) is 13.7 Å². The number of carbonyl (C=O) groups excluding carboxylic acids is 1. The minimum atomic E-state index is -0.793. The van der Waals surface area contributed by atoms with Gasteiger partial charge in [-0.3, -0.25) is 4.79 Å². The molecule has 0 spiro atoms.